The Morgan fingerprint density at radius 3 is 2.72 bits per heavy atom. The molecule has 0 aliphatic carbocycles. The van der Waals surface area contributed by atoms with Crippen LogP contribution in [0.2, 0.25) is 0 Å². The Morgan fingerprint density at radius 2 is 1.88 bits per heavy atom. The highest BCUT2D eigenvalue weighted by Gasteiger charge is 2.16. The zero-order chi connectivity index (χ0) is 17.2. The van der Waals surface area contributed by atoms with Crippen LogP contribution < -0.4 is 10.7 Å². The van der Waals surface area contributed by atoms with Gasteiger partial charge in [0.25, 0.3) is 5.91 Å². The number of amides is 1. The van der Waals surface area contributed by atoms with Crippen molar-refractivity contribution in [2.45, 2.75) is 16.7 Å². The summed E-state index contributed by atoms with van der Waals surface area (Å²) in [4.78, 5) is 15.0. The second-order valence-corrected chi connectivity index (χ2v) is 7.58. The van der Waals surface area contributed by atoms with Crippen LogP contribution in [-0.4, -0.2) is 11.6 Å². The summed E-state index contributed by atoms with van der Waals surface area (Å²) in [6.45, 7) is 1.89. The molecule has 1 amide bonds. The maximum atomic E-state index is 12.0. The number of nitrogens with zero attached hydrogens (tertiary/aromatic N) is 1. The van der Waals surface area contributed by atoms with Gasteiger partial charge >= 0.3 is 0 Å². The van der Waals surface area contributed by atoms with E-state index in [1.165, 1.54) is 21.1 Å². The van der Waals surface area contributed by atoms with Crippen LogP contribution >= 0.6 is 23.1 Å². The third-order valence-corrected chi connectivity index (χ3v) is 5.86. The van der Waals surface area contributed by atoms with Gasteiger partial charge in [-0.25, -0.2) is 5.43 Å². The summed E-state index contributed by atoms with van der Waals surface area (Å²) in [5.41, 5.74) is 6.51. The van der Waals surface area contributed by atoms with E-state index in [0.29, 0.717) is 4.88 Å². The topological polar surface area (TPSA) is 53.5 Å². The molecule has 0 bridgehead atoms. The molecule has 6 heteroatoms. The summed E-state index contributed by atoms with van der Waals surface area (Å²) in [6, 6.07) is 18.0. The van der Waals surface area contributed by atoms with Crippen molar-refractivity contribution in [1.82, 2.24) is 5.43 Å². The average molecular weight is 365 g/mol. The maximum Gasteiger partial charge on any atom is 0.281 e. The number of carbonyl (C=O) groups is 1. The van der Waals surface area contributed by atoms with Gasteiger partial charge in [-0.2, -0.15) is 5.10 Å². The Labute approximate surface area is 154 Å². The van der Waals surface area contributed by atoms with Gasteiger partial charge < -0.3 is 5.32 Å². The molecule has 2 aromatic carbocycles. The number of hydrogen-bond acceptors (Lipinski definition) is 5. The van der Waals surface area contributed by atoms with Crippen molar-refractivity contribution >= 4 is 46.1 Å². The van der Waals surface area contributed by atoms with Crippen LogP contribution in [0.5, 0.6) is 0 Å². The van der Waals surface area contributed by atoms with E-state index in [-0.39, 0.29) is 5.91 Å². The van der Waals surface area contributed by atoms with Crippen molar-refractivity contribution in [3.8, 4) is 0 Å². The zero-order valence-electron chi connectivity index (χ0n) is 13.4. The highest BCUT2D eigenvalue weighted by Crippen LogP contribution is 2.44. The van der Waals surface area contributed by atoms with Crippen molar-refractivity contribution in [2.75, 3.05) is 5.32 Å². The molecule has 0 saturated heterocycles. The molecule has 0 fully saturated rings. The van der Waals surface area contributed by atoms with E-state index in [1.54, 1.807) is 17.8 Å². The monoisotopic (exact) mass is 365 g/mol. The Morgan fingerprint density at radius 1 is 1.04 bits per heavy atom. The van der Waals surface area contributed by atoms with Crippen molar-refractivity contribution in [3.05, 3.63) is 70.4 Å². The van der Waals surface area contributed by atoms with Crippen LogP contribution in [0, 0.1) is 0 Å². The minimum absolute atomic E-state index is 0.185. The number of hydrazone groups is 1. The number of carbonyl (C=O) groups excluding carboxylic acids is 1. The fourth-order valence-corrected chi connectivity index (χ4v) is 4.11. The van der Waals surface area contributed by atoms with Gasteiger partial charge in [-0.1, -0.05) is 36.0 Å². The number of fused-ring (bicyclic) bond motifs is 2. The number of thiophene rings is 1. The Hall–Kier alpha value is -2.57. The molecule has 2 N–H and O–H groups in total. The fourth-order valence-electron chi connectivity index (χ4n) is 2.53. The number of rotatable bonds is 3. The predicted octanol–water partition coefficient (Wildman–Crippen LogP) is 5.11. The quantitative estimate of drug-likeness (QED) is 0.392. The molecule has 1 aromatic heterocycles. The van der Waals surface area contributed by atoms with E-state index in [1.807, 2.05) is 36.6 Å². The maximum absolute atomic E-state index is 12.0. The van der Waals surface area contributed by atoms with Crippen molar-refractivity contribution in [2.24, 2.45) is 5.10 Å². The summed E-state index contributed by atoms with van der Waals surface area (Å²) < 4.78 is 0. The highest BCUT2D eigenvalue weighted by atomic mass is 32.2. The smallest absolute Gasteiger partial charge is 0.281 e. The fraction of sp³-hybridized carbons (Fsp3) is 0.0526. The molecule has 124 valence electrons. The summed E-state index contributed by atoms with van der Waals surface area (Å²) in [7, 11) is 0. The largest absolute Gasteiger partial charge is 0.354 e. The first-order valence-corrected chi connectivity index (χ1v) is 9.47. The van der Waals surface area contributed by atoms with Crippen LogP contribution in [0.15, 0.2) is 74.9 Å². The first kappa shape index (κ1) is 15.9. The van der Waals surface area contributed by atoms with E-state index in [4.69, 9.17) is 0 Å². The van der Waals surface area contributed by atoms with E-state index < -0.39 is 0 Å². The summed E-state index contributed by atoms with van der Waals surface area (Å²) in [5, 5.41) is 9.57. The predicted molar refractivity (Wildman–Crippen MR) is 104 cm³/mol. The van der Waals surface area contributed by atoms with Crippen LogP contribution in [-0.2, 0) is 0 Å². The van der Waals surface area contributed by atoms with Crippen LogP contribution in [0.1, 0.15) is 22.2 Å². The van der Waals surface area contributed by atoms with E-state index in [9.17, 15) is 4.79 Å². The summed E-state index contributed by atoms with van der Waals surface area (Å²) in [5.74, 6) is -0.185. The molecule has 1 aliphatic rings. The Balaban J connectivity index is 1.54. The first-order chi connectivity index (χ1) is 12.2. The third kappa shape index (κ3) is 3.31. The molecular weight excluding hydrogens is 350 g/mol. The van der Waals surface area contributed by atoms with E-state index in [0.717, 1.165) is 22.6 Å². The second kappa shape index (κ2) is 6.74. The first-order valence-electron chi connectivity index (χ1n) is 7.77. The average Bonchev–Trinajstić information content (AvgIpc) is 3.18. The van der Waals surface area contributed by atoms with Crippen LogP contribution in [0.4, 0.5) is 11.4 Å². The molecule has 0 spiro atoms. The van der Waals surface area contributed by atoms with Crippen molar-refractivity contribution < 1.29 is 4.79 Å². The molecule has 0 unspecified atom stereocenters. The molecule has 0 atom stereocenters. The number of anilines is 2. The van der Waals surface area contributed by atoms with E-state index in [2.05, 4.69) is 40.1 Å². The minimum atomic E-state index is -0.185. The third-order valence-electron chi connectivity index (χ3n) is 3.84. The van der Waals surface area contributed by atoms with E-state index >= 15 is 0 Å². The Kier molecular flexibility index (Phi) is 4.29. The highest BCUT2D eigenvalue weighted by molar-refractivity contribution is 7.99. The lowest BCUT2D eigenvalue weighted by Gasteiger charge is -2.21. The van der Waals surface area contributed by atoms with Crippen molar-refractivity contribution in [1.29, 1.82) is 0 Å². The lowest BCUT2D eigenvalue weighted by molar-refractivity contribution is 0.0959. The molecule has 4 nitrogen and oxygen atoms in total. The van der Waals surface area contributed by atoms with Gasteiger partial charge in [0, 0.05) is 9.79 Å². The summed E-state index contributed by atoms with van der Waals surface area (Å²) in [6.07, 6.45) is 0. The molecule has 3 aromatic rings. The molecule has 0 radical (unpaired) electrons. The van der Waals surface area contributed by atoms with Gasteiger partial charge in [-0.3, -0.25) is 4.79 Å². The molecule has 0 saturated carbocycles. The number of hydrogen-bond donors (Lipinski definition) is 2. The number of nitrogens with one attached hydrogen (secondary N) is 2. The van der Waals surface area contributed by atoms with Crippen molar-refractivity contribution in [3.63, 3.8) is 0 Å². The van der Waals surface area contributed by atoms with Gasteiger partial charge in [0.05, 0.1) is 22.0 Å². The van der Waals surface area contributed by atoms with Gasteiger partial charge in [-0.15, -0.1) is 11.3 Å². The minimum Gasteiger partial charge on any atom is -0.354 e. The lowest BCUT2D eigenvalue weighted by Crippen LogP contribution is -2.18. The SMILES string of the molecule is C/C(=N/NC(=O)c1cccs1)c1ccc2c(c1)Nc1ccccc1S2. The molecule has 2 heterocycles. The number of para-hydroxylation sites is 1. The molecule has 25 heavy (non-hydrogen) atoms. The normalized spacial score (nSPS) is 12.8. The van der Waals surface area contributed by atoms with Gasteiger partial charge in [-0.05, 0) is 48.2 Å². The standard InChI is InChI=1S/C19H15N3OS2/c1-12(21-22-19(23)18-7-4-10-24-18)13-8-9-17-15(11-13)20-14-5-2-3-6-16(14)25-17/h2-11,20H,1H3,(H,22,23)/b21-12-. The van der Waals surface area contributed by atoms with Gasteiger partial charge in [0.2, 0.25) is 0 Å². The molecule has 4 rings (SSSR count). The summed E-state index contributed by atoms with van der Waals surface area (Å²) >= 11 is 3.15. The van der Waals surface area contributed by atoms with Gasteiger partial charge in [0.1, 0.15) is 0 Å². The number of benzene rings is 2. The van der Waals surface area contributed by atoms with Crippen LogP contribution in [0.3, 0.4) is 0 Å². The molecular formula is C19H15N3OS2. The Bertz CT molecular complexity index is 965. The molecule has 1 aliphatic heterocycles. The zero-order valence-corrected chi connectivity index (χ0v) is 15.1. The second-order valence-electron chi connectivity index (χ2n) is 5.55. The van der Waals surface area contributed by atoms with Gasteiger partial charge in [0.15, 0.2) is 0 Å². The van der Waals surface area contributed by atoms with Crippen LogP contribution in [0.25, 0.3) is 0 Å². The lowest BCUT2D eigenvalue weighted by atomic mass is 10.1.